The van der Waals surface area contributed by atoms with Crippen molar-refractivity contribution >= 4 is 11.2 Å². The van der Waals surface area contributed by atoms with Crippen molar-refractivity contribution in [1.82, 2.24) is 24.0 Å². The van der Waals surface area contributed by atoms with Crippen molar-refractivity contribution < 1.29 is 9.47 Å². The molecule has 0 amide bonds. The molecule has 2 aromatic heterocycles. The van der Waals surface area contributed by atoms with E-state index in [1.54, 1.807) is 9.13 Å². The molecule has 3 heterocycles. The number of nitrogens with one attached hydrogen (secondary N) is 1. The SMILES string of the molecule is CCCCn1c(=O)[nH]c(=O)c2c1nc(CN(CC)CC1COc3ccccc3O1)n2C. The molecule has 0 bridgehead atoms. The Bertz CT molecular complexity index is 1180. The molecule has 1 aliphatic rings. The third kappa shape index (κ3) is 4.23. The van der Waals surface area contributed by atoms with E-state index < -0.39 is 11.2 Å². The molecular formula is C22H29N5O4. The Morgan fingerprint density at radius 3 is 2.74 bits per heavy atom. The van der Waals surface area contributed by atoms with Crippen LogP contribution in [0.15, 0.2) is 33.9 Å². The van der Waals surface area contributed by atoms with Gasteiger partial charge in [0, 0.05) is 20.1 Å². The van der Waals surface area contributed by atoms with E-state index in [1.807, 2.05) is 31.3 Å². The first kappa shape index (κ1) is 21.2. The fourth-order valence-corrected chi connectivity index (χ4v) is 3.90. The first-order chi connectivity index (χ1) is 15.0. The van der Waals surface area contributed by atoms with E-state index in [4.69, 9.17) is 14.5 Å². The van der Waals surface area contributed by atoms with Gasteiger partial charge < -0.3 is 14.0 Å². The van der Waals surface area contributed by atoms with Crippen molar-refractivity contribution in [3.8, 4) is 11.5 Å². The maximum absolute atomic E-state index is 12.5. The molecule has 0 radical (unpaired) electrons. The van der Waals surface area contributed by atoms with Crippen LogP contribution in [0.25, 0.3) is 11.2 Å². The highest BCUT2D eigenvalue weighted by molar-refractivity contribution is 5.70. The van der Waals surface area contributed by atoms with Gasteiger partial charge in [-0.2, -0.15) is 0 Å². The number of aryl methyl sites for hydroxylation is 2. The van der Waals surface area contributed by atoms with Crippen molar-refractivity contribution in [2.24, 2.45) is 7.05 Å². The zero-order chi connectivity index (χ0) is 22.0. The molecule has 0 aliphatic carbocycles. The monoisotopic (exact) mass is 427 g/mol. The fourth-order valence-electron chi connectivity index (χ4n) is 3.90. The second-order valence-electron chi connectivity index (χ2n) is 7.85. The van der Waals surface area contributed by atoms with E-state index in [-0.39, 0.29) is 6.10 Å². The van der Waals surface area contributed by atoms with Crippen LogP contribution in [0.5, 0.6) is 11.5 Å². The van der Waals surface area contributed by atoms with Gasteiger partial charge in [0.2, 0.25) is 0 Å². The average Bonchev–Trinajstić information content (AvgIpc) is 3.09. The smallest absolute Gasteiger partial charge is 0.330 e. The normalized spacial score (nSPS) is 15.7. The van der Waals surface area contributed by atoms with Crippen LogP contribution in [-0.2, 0) is 20.1 Å². The Balaban J connectivity index is 1.57. The van der Waals surface area contributed by atoms with Gasteiger partial charge >= 0.3 is 5.69 Å². The topological polar surface area (TPSA) is 94.4 Å². The highest BCUT2D eigenvalue weighted by Crippen LogP contribution is 2.31. The summed E-state index contributed by atoms with van der Waals surface area (Å²) in [5, 5.41) is 0. The third-order valence-corrected chi connectivity index (χ3v) is 5.68. The van der Waals surface area contributed by atoms with Gasteiger partial charge in [0.1, 0.15) is 18.5 Å². The zero-order valence-electron chi connectivity index (χ0n) is 18.3. The lowest BCUT2D eigenvalue weighted by molar-refractivity contribution is 0.0571. The summed E-state index contributed by atoms with van der Waals surface area (Å²) < 4.78 is 15.3. The van der Waals surface area contributed by atoms with E-state index >= 15 is 0 Å². The summed E-state index contributed by atoms with van der Waals surface area (Å²) in [6.45, 7) is 7.12. The van der Waals surface area contributed by atoms with Gasteiger partial charge in [-0.25, -0.2) is 9.78 Å². The summed E-state index contributed by atoms with van der Waals surface area (Å²) in [6.07, 6.45) is 1.69. The number of rotatable bonds is 8. The number of unbranched alkanes of at least 4 members (excludes halogenated alkanes) is 1. The molecule has 0 saturated carbocycles. The number of benzene rings is 1. The fraction of sp³-hybridized carbons (Fsp3) is 0.500. The van der Waals surface area contributed by atoms with E-state index in [0.717, 1.165) is 36.7 Å². The van der Waals surface area contributed by atoms with Crippen LogP contribution in [0.1, 0.15) is 32.5 Å². The van der Waals surface area contributed by atoms with Gasteiger partial charge in [0.05, 0.1) is 6.54 Å². The highest BCUT2D eigenvalue weighted by atomic mass is 16.6. The minimum absolute atomic E-state index is 0.101. The Morgan fingerprint density at radius 2 is 2.00 bits per heavy atom. The minimum atomic E-state index is -0.408. The lowest BCUT2D eigenvalue weighted by atomic mass is 10.2. The number of aromatic amines is 1. The molecule has 3 aromatic rings. The van der Waals surface area contributed by atoms with Crippen LogP contribution in [0.4, 0.5) is 0 Å². The zero-order valence-corrected chi connectivity index (χ0v) is 18.3. The van der Waals surface area contributed by atoms with Crippen molar-refractivity contribution in [3.05, 3.63) is 50.9 Å². The minimum Gasteiger partial charge on any atom is -0.486 e. The first-order valence-electron chi connectivity index (χ1n) is 10.8. The van der Waals surface area contributed by atoms with E-state index in [1.165, 1.54) is 0 Å². The lowest BCUT2D eigenvalue weighted by Crippen LogP contribution is -2.41. The van der Waals surface area contributed by atoms with E-state index in [0.29, 0.717) is 37.4 Å². The first-order valence-corrected chi connectivity index (χ1v) is 10.8. The summed E-state index contributed by atoms with van der Waals surface area (Å²) in [5.74, 6) is 2.25. The van der Waals surface area contributed by atoms with Gasteiger partial charge in [-0.05, 0) is 25.1 Å². The molecular weight excluding hydrogens is 398 g/mol. The van der Waals surface area contributed by atoms with Gasteiger partial charge in [-0.15, -0.1) is 0 Å². The molecule has 0 fully saturated rings. The average molecular weight is 428 g/mol. The predicted octanol–water partition coefficient (Wildman–Crippen LogP) is 1.89. The number of hydrogen-bond acceptors (Lipinski definition) is 6. The molecule has 0 saturated heterocycles. The second kappa shape index (κ2) is 8.97. The molecule has 9 heteroatoms. The molecule has 0 spiro atoms. The Labute approximate surface area is 180 Å². The molecule has 4 rings (SSSR count). The van der Waals surface area contributed by atoms with Crippen LogP contribution >= 0.6 is 0 Å². The molecule has 1 atom stereocenters. The summed E-state index contributed by atoms with van der Waals surface area (Å²) in [5.41, 5.74) is 0.0573. The van der Waals surface area contributed by atoms with Gasteiger partial charge in [-0.1, -0.05) is 32.4 Å². The Morgan fingerprint density at radius 1 is 1.23 bits per heavy atom. The van der Waals surface area contributed by atoms with Gasteiger partial charge in [0.25, 0.3) is 5.56 Å². The van der Waals surface area contributed by atoms with Crippen LogP contribution < -0.4 is 20.7 Å². The number of H-pyrrole nitrogens is 1. The lowest BCUT2D eigenvalue weighted by Gasteiger charge is -2.30. The van der Waals surface area contributed by atoms with Crippen LogP contribution in [0.3, 0.4) is 0 Å². The number of aromatic nitrogens is 4. The van der Waals surface area contributed by atoms with Crippen LogP contribution in [0, 0.1) is 0 Å². The number of imidazole rings is 1. The van der Waals surface area contributed by atoms with Gasteiger partial charge in [-0.3, -0.25) is 19.2 Å². The summed E-state index contributed by atoms with van der Waals surface area (Å²) >= 11 is 0. The van der Waals surface area contributed by atoms with E-state index in [9.17, 15) is 9.59 Å². The number of hydrogen-bond donors (Lipinski definition) is 1. The molecule has 166 valence electrons. The van der Waals surface area contributed by atoms with E-state index in [2.05, 4.69) is 23.7 Å². The number of para-hydroxylation sites is 2. The van der Waals surface area contributed by atoms with Crippen LogP contribution in [0.2, 0.25) is 0 Å². The number of ether oxygens (including phenoxy) is 2. The van der Waals surface area contributed by atoms with Crippen molar-refractivity contribution in [3.63, 3.8) is 0 Å². The molecule has 1 aromatic carbocycles. The predicted molar refractivity (Wildman–Crippen MR) is 118 cm³/mol. The molecule has 1 N–H and O–H groups in total. The number of likely N-dealkylation sites (N-methyl/N-ethyl adjacent to an activating group) is 1. The third-order valence-electron chi connectivity index (χ3n) is 5.68. The largest absolute Gasteiger partial charge is 0.486 e. The number of fused-ring (bicyclic) bond motifs is 2. The van der Waals surface area contributed by atoms with Crippen molar-refractivity contribution in [2.75, 3.05) is 19.7 Å². The maximum atomic E-state index is 12.5. The van der Waals surface area contributed by atoms with Crippen molar-refractivity contribution in [1.29, 1.82) is 0 Å². The summed E-state index contributed by atoms with van der Waals surface area (Å²) in [4.78, 5) is 34.1. The van der Waals surface area contributed by atoms with Crippen LogP contribution in [-0.4, -0.2) is 49.8 Å². The Hall–Kier alpha value is -3.07. The Kier molecular flexibility index (Phi) is 6.13. The second-order valence-corrected chi connectivity index (χ2v) is 7.85. The quantitative estimate of drug-likeness (QED) is 0.590. The standard InChI is InChI=1S/C22H29N5O4/c1-4-6-11-27-20-19(21(28)24-22(27)29)25(3)18(23-20)13-26(5-2)12-15-14-30-16-9-7-8-10-17(16)31-15/h7-10,15H,4-6,11-14H2,1-3H3,(H,24,28,29). The maximum Gasteiger partial charge on any atom is 0.330 e. The van der Waals surface area contributed by atoms with Gasteiger partial charge in [0.15, 0.2) is 22.7 Å². The highest BCUT2D eigenvalue weighted by Gasteiger charge is 2.24. The molecule has 9 nitrogen and oxygen atoms in total. The summed E-state index contributed by atoms with van der Waals surface area (Å²) in [6, 6.07) is 7.66. The van der Waals surface area contributed by atoms with Crippen molar-refractivity contribution in [2.45, 2.75) is 45.9 Å². The number of nitrogens with zero attached hydrogens (tertiary/aromatic N) is 4. The molecule has 31 heavy (non-hydrogen) atoms. The summed E-state index contributed by atoms with van der Waals surface area (Å²) in [7, 11) is 1.82. The molecule has 1 aliphatic heterocycles. The molecule has 1 unspecified atom stereocenters.